The second kappa shape index (κ2) is 8.76. The van der Waals surface area contributed by atoms with Crippen molar-refractivity contribution in [3.63, 3.8) is 0 Å². The van der Waals surface area contributed by atoms with Crippen LogP contribution in [0.1, 0.15) is 19.0 Å². The van der Waals surface area contributed by atoms with Gasteiger partial charge in [-0.3, -0.25) is 9.12 Å². The summed E-state index contributed by atoms with van der Waals surface area (Å²) in [5.74, 6) is 6.21. The van der Waals surface area contributed by atoms with E-state index < -0.39 is 0 Å². The average molecular weight is 429 g/mol. The minimum Gasteiger partial charge on any atom is -0.450 e. The van der Waals surface area contributed by atoms with E-state index in [0.717, 1.165) is 23.7 Å². The first-order valence-corrected chi connectivity index (χ1v) is 10.5. The van der Waals surface area contributed by atoms with Gasteiger partial charge in [0.1, 0.15) is 0 Å². The van der Waals surface area contributed by atoms with Crippen LogP contribution in [0.2, 0.25) is 0 Å². The van der Waals surface area contributed by atoms with Crippen LogP contribution in [-0.2, 0) is 4.74 Å². The van der Waals surface area contributed by atoms with E-state index in [-0.39, 0.29) is 12.1 Å². The molecular formula is C19H24N8O2S. The van der Waals surface area contributed by atoms with E-state index >= 15 is 0 Å². The Bertz CT molecular complexity index is 1020. The Morgan fingerprint density at radius 1 is 1.57 bits per heavy atom. The largest absolute Gasteiger partial charge is 0.450 e. The molecule has 158 valence electrons. The van der Waals surface area contributed by atoms with Gasteiger partial charge in [0, 0.05) is 37.1 Å². The highest BCUT2D eigenvalue weighted by Crippen LogP contribution is 2.31. The molecule has 0 radical (unpaired) electrons. The van der Waals surface area contributed by atoms with E-state index in [1.807, 2.05) is 17.5 Å². The van der Waals surface area contributed by atoms with Crippen LogP contribution in [0.15, 0.2) is 41.4 Å². The van der Waals surface area contributed by atoms with Crippen molar-refractivity contribution >= 4 is 41.3 Å². The number of ether oxygens (including phenoxy) is 1. The van der Waals surface area contributed by atoms with Crippen LogP contribution in [0, 0.1) is 5.92 Å². The molecule has 1 fully saturated rings. The van der Waals surface area contributed by atoms with Crippen molar-refractivity contribution in [3.8, 4) is 0 Å². The summed E-state index contributed by atoms with van der Waals surface area (Å²) < 4.78 is 10.4. The molecule has 4 heterocycles. The van der Waals surface area contributed by atoms with E-state index in [1.54, 1.807) is 17.3 Å². The Balaban J connectivity index is 1.46. The molecular weight excluding hydrogens is 404 g/mol. The van der Waals surface area contributed by atoms with Crippen molar-refractivity contribution < 1.29 is 9.53 Å². The van der Waals surface area contributed by atoms with E-state index in [9.17, 15) is 4.79 Å². The first-order valence-electron chi connectivity index (χ1n) is 9.68. The standard InChI is InChI=1S/C19H24N8O2S/c1-3-29-19(28)26-6-4-13(11-26)14-8-16(30-25-14)24-17-18-22-10-15(12(2)9-23-20)27(18)7-5-21-17/h5,7-10,13-14,25H,2-4,6,11,20H2,1H3,(H,21,24)/b23-9-. The van der Waals surface area contributed by atoms with Gasteiger partial charge in [-0.25, -0.2) is 14.8 Å². The summed E-state index contributed by atoms with van der Waals surface area (Å²) in [7, 11) is 0. The lowest BCUT2D eigenvalue weighted by Crippen LogP contribution is -2.33. The van der Waals surface area contributed by atoms with E-state index in [1.165, 1.54) is 18.2 Å². The Labute approximate surface area is 178 Å². The molecule has 0 bridgehead atoms. The number of hydrogen-bond acceptors (Lipinski definition) is 9. The number of imidazole rings is 1. The fourth-order valence-corrected chi connectivity index (χ4v) is 4.53. The number of amides is 1. The van der Waals surface area contributed by atoms with Crippen molar-refractivity contribution in [2.45, 2.75) is 19.4 Å². The number of likely N-dealkylation sites (tertiary alicyclic amines) is 1. The molecule has 30 heavy (non-hydrogen) atoms. The van der Waals surface area contributed by atoms with Gasteiger partial charge in [0.15, 0.2) is 11.5 Å². The molecule has 0 aromatic carbocycles. The molecule has 10 nitrogen and oxygen atoms in total. The van der Waals surface area contributed by atoms with Crippen LogP contribution in [-0.4, -0.2) is 57.3 Å². The first-order chi connectivity index (χ1) is 14.6. The van der Waals surface area contributed by atoms with Gasteiger partial charge in [-0.2, -0.15) is 5.10 Å². The molecule has 2 atom stereocenters. The maximum Gasteiger partial charge on any atom is 0.409 e. The predicted molar refractivity (Wildman–Crippen MR) is 118 cm³/mol. The summed E-state index contributed by atoms with van der Waals surface area (Å²) in [5, 5.41) is 7.82. The molecule has 11 heteroatoms. The van der Waals surface area contributed by atoms with Crippen molar-refractivity contribution in [3.05, 3.63) is 42.0 Å². The third-order valence-corrected chi connectivity index (χ3v) is 5.97. The molecule has 0 saturated carbocycles. The maximum atomic E-state index is 11.9. The lowest BCUT2D eigenvalue weighted by molar-refractivity contribution is 0.114. The quantitative estimate of drug-likeness (QED) is 0.277. The van der Waals surface area contributed by atoms with E-state index in [2.05, 4.69) is 37.8 Å². The number of rotatable bonds is 6. The van der Waals surface area contributed by atoms with E-state index in [0.29, 0.717) is 36.1 Å². The first kappa shape index (κ1) is 20.2. The monoisotopic (exact) mass is 428 g/mol. The molecule has 2 aliphatic rings. The number of hydrogen-bond donors (Lipinski definition) is 3. The van der Waals surface area contributed by atoms with Crippen LogP contribution in [0.25, 0.3) is 11.2 Å². The van der Waals surface area contributed by atoms with Crippen molar-refractivity contribution in [2.24, 2.45) is 16.9 Å². The SMILES string of the molecule is C=C(/C=N\N)c1cnc2c(NC3=CC(C4CCN(C(=O)OCC)C4)NS3)nccn12. The zero-order valence-electron chi connectivity index (χ0n) is 16.6. The third kappa shape index (κ3) is 3.98. The number of aromatic nitrogens is 3. The number of carbonyl (C=O) groups is 1. The Hall–Kier alpha value is -3.05. The average Bonchev–Trinajstić information content (AvgIpc) is 3.48. The van der Waals surface area contributed by atoms with Crippen LogP contribution in [0.3, 0.4) is 0 Å². The maximum absolute atomic E-state index is 11.9. The molecule has 2 unspecified atom stereocenters. The summed E-state index contributed by atoms with van der Waals surface area (Å²) in [6, 6.07) is 0.160. The summed E-state index contributed by atoms with van der Waals surface area (Å²) in [6.07, 6.45) is 9.56. The van der Waals surface area contributed by atoms with Crippen LogP contribution < -0.4 is 15.9 Å². The number of anilines is 1. The number of carbonyl (C=O) groups excluding carboxylic acids is 1. The van der Waals surface area contributed by atoms with Gasteiger partial charge in [0.25, 0.3) is 0 Å². The summed E-state index contributed by atoms with van der Waals surface area (Å²) >= 11 is 1.51. The molecule has 2 aromatic heterocycles. The molecule has 4 rings (SSSR count). The molecule has 0 aliphatic carbocycles. The highest BCUT2D eigenvalue weighted by molar-refractivity contribution is 8.01. The van der Waals surface area contributed by atoms with Crippen molar-refractivity contribution in [1.82, 2.24) is 24.0 Å². The van der Waals surface area contributed by atoms with Gasteiger partial charge < -0.3 is 20.8 Å². The smallest absolute Gasteiger partial charge is 0.409 e. The molecule has 1 amide bonds. The number of nitrogens with two attached hydrogens (primary N) is 1. The lowest BCUT2D eigenvalue weighted by Gasteiger charge is -2.18. The fraction of sp³-hybridized carbons (Fsp3) is 0.368. The highest BCUT2D eigenvalue weighted by atomic mass is 32.2. The Kier molecular flexibility index (Phi) is 5.91. The summed E-state index contributed by atoms with van der Waals surface area (Å²) in [6.45, 7) is 7.58. The van der Waals surface area contributed by atoms with Gasteiger partial charge in [-0.05, 0) is 37.3 Å². The molecule has 0 spiro atoms. The second-order valence-electron chi connectivity index (χ2n) is 7.01. The zero-order chi connectivity index (χ0) is 21.1. The van der Waals surface area contributed by atoms with Gasteiger partial charge in [0.05, 0.1) is 29.7 Å². The summed E-state index contributed by atoms with van der Waals surface area (Å²) in [5.41, 5.74) is 2.13. The van der Waals surface area contributed by atoms with E-state index in [4.69, 9.17) is 10.6 Å². The number of allylic oxidation sites excluding steroid dienone is 1. The normalized spacial score (nSPS) is 21.4. The van der Waals surface area contributed by atoms with Gasteiger partial charge >= 0.3 is 6.09 Å². The fourth-order valence-electron chi connectivity index (χ4n) is 3.64. The second-order valence-corrected chi connectivity index (χ2v) is 7.89. The molecule has 1 saturated heterocycles. The van der Waals surface area contributed by atoms with Crippen molar-refractivity contribution in [2.75, 3.05) is 25.0 Å². The number of nitrogens with zero attached hydrogens (tertiary/aromatic N) is 5. The minimum absolute atomic E-state index is 0.160. The predicted octanol–water partition coefficient (Wildman–Crippen LogP) is 2.04. The van der Waals surface area contributed by atoms with Crippen LogP contribution in [0.5, 0.6) is 0 Å². The third-order valence-electron chi connectivity index (χ3n) is 5.12. The molecule has 2 aliphatic heterocycles. The number of hydrazone groups is 1. The topological polar surface area (TPSA) is 122 Å². The number of nitrogens with one attached hydrogen (secondary N) is 2. The minimum atomic E-state index is -0.236. The Morgan fingerprint density at radius 3 is 3.23 bits per heavy atom. The van der Waals surface area contributed by atoms with Crippen LogP contribution >= 0.6 is 11.9 Å². The van der Waals surface area contributed by atoms with Crippen LogP contribution in [0.4, 0.5) is 10.6 Å². The van der Waals surface area contributed by atoms with Gasteiger partial charge in [-0.1, -0.05) is 6.58 Å². The van der Waals surface area contributed by atoms with Gasteiger partial charge in [-0.15, -0.1) is 0 Å². The number of fused-ring (bicyclic) bond motifs is 1. The molecule has 2 aromatic rings. The van der Waals surface area contributed by atoms with Gasteiger partial charge in [0.2, 0.25) is 0 Å². The van der Waals surface area contributed by atoms with Crippen molar-refractivity contribution in [1.29, 1.82) is 0 Å². The highest BCUT2D eigenvalue weighted by Gasteiger charge is 2.34. The lowest BCUT2D eigenvalue weighted by atomic mass is 10.00. The summed E-state index contributed by atoms with van der Waals surface area (Å²) in [4.78, 5) is 22.6. The molecule has 4 N–H and O–H groups in total. The Morgan fingerprint density at radius 2 is 2.43 bits per heavy atom. The zero-order valence-corrected chi connectivity index (χ0v) is 17.4.